The molecule has 0 aliphatic heterocycles. The molecule has 3 nitrogen and oxygen atoms in total. The van der Waals surface area contributed by atoms with Crippen molar-refractivity contribution < 1.29 is 0 Å². The molecule has 1 N–H and O–H groups in total. The lowest BCUT2D eigenvalue weighted by Gasteiger charge is -2.02. The number of nitrogens with zero attached hydrogens (tertiary/aromatic N) is 1. The van der Waals surface area contributed by atoms with Gasteiger partial charge in [-0.15, -0.1) is 0 Å². The van der Waals surface area contributed by atoms with E-state index >= 15 is 0 Å². The van der Waals surface area contributed by atoms with Crippen LogP contribution in [-0.2, 0) is 0 Å². The monoisotopic (exact) mass is 200 g/mol. The van der Waals surface area contributed by atoms with Gasteiger partial charge in [0.25, 0.3) is 0 Å². The number of aryl methyl sites for hydroxylation is 1. The molecular formula is C12H12N2O. The quantitative estimate of drug-likeness (QED) is 0.766. The van der Waals surface area contributed by atoms with Gasteiger partial charge >= 0.3 is 0 Å². The van der Waals surface area contributed by atoms with Crippen molar-refractivity contribution in [3.05, 3.63) is 39.8 Å². The van der Waals surface area contributed by atoms with Crippen LogP contribution in [0, 0.1) is 6.92 Å². The van der Waals surface area contributed by atoms with Crippen molar-refractivity contribution in [1.82, 2.24) is 9.97 Å². The van der Waals surface area contributed by atoms with Gasteiger partial charge in [-0.1, -0.05) is 0 Å². The van der Waals surface area contributed by atoms with Gasteiger partial charge in [0, 0.05) is 17.5 Å². The maximum Gasteiger partial charge on any atom is 0.191 e. The first-order chi connectivity index (χ1) is 7.24. The van der Waals surface area contributed by atoms with Crippen LogP contribution in [0.25, 0.3) is 11.0 Å². The van der Waals surface area contributed by atoms with E-state index in [-0.39, 0.29) is 5.43 Å². The molecule has 1 saturated carbocycles. The number of rotatable bonds is 1. The number of aromatic nitrogens is 2. The molecule has 0 aromatic carbocycles. The van der Waals surface area contributed by atoms with E-state index in [9.17, 15) is 4.79 Å². The summed E-state index contributed by atoms with van der Waals surface area (Å²) in [4.78, 5) is 19.4. The summed E-state index contributed by atoms with van der Waals surface area (Å²) in [6, 6.07) is 5.43. The Bertz CT molecular complexity index is 582. The predicted molar refractivity (Wildman–Crippen MR) is 59.1 cm³/mol. The fourth-order valence-electron chi connectivity index (χ4n) is 1.86. The number of nitrogens with one attached hydrogen (secondary N) is 1. The van der Waals surface area contributed by atoms with Gasteiger partial charge in [-0.2, -0.15) is 0 Å². The molecule has 2 aromatic heterocycles. The van der Waals surface area contributed by atoms with E-state index in [1.54, 1.807) is 6.07 Å². The molecule has 0 amide bonds. The normalized spacial score (nSPS) is 15.8. The van der Waals surface area contributed by atoms with Gasteiger partial charge in [-0.05, 0) is 37.8 Å². The van der Waals surface area contributed by atoms with Crippen LogP contribution >= 0.6 is 0 Å². The highest BCUT2D eigenvalue weighted by atomic mass is 16.1. The molecule has 0 bridgehead atoms. The topological polar surface area (TPSA) is 45.8 Å². The average Bonchev–Trinajstić information content (AvgIpc) is 2.99. The Kier molecular flexibility index (Phi) is 1.69. The van der Waals surface area contributed by atoms with Crippen molar-refractivity contribution >= 4 is 11.0 Å². The van der Waals surface area contributed by atoms with Crippen molar-refractivity contribution in [2.24, 2.45) is 0 Å². The minimum Gasteiger partial charge on any atom is -0.343 e. The summed E-state index contributed by atoms with van der Waals surface area (Å²) in [5, 5.41) is 0.685. The van der Waals surface area contributed by atoms with E-state index in [4.69, 9.17) is 0 Å². The molecule has 0 unspecified atom stereocenters. The number of H-pyrrole nitrogens is 1. The van der Waals surface area contributed by atoms with E-state index in [0.717, 1.165) is 17.0 Å². The van der Waals surface area contributed by atoms with Crippen molar-refractivity contribution in [2.75, 3.05) is 0 Å². The van der Waals surface area contributed by atoms with Gasteiger partial charge in [-0.3, -0.25) is 4.79 Å². The number of hydrogen-bond acceptors (Lipinski definition) is 2. The lowest BCUT2D eigenvalue weighted by molar-refractivity contribution is 1.02. The summed E-state index contributed by atoms with van der Waals surface area (Å²) in [6.45, 7) is 1.93. The van der Waals surface area contributed by atoms with Gasteiger partial charge in [0.05, 0.1) is 5.39 Å². The number of hydrogen-bond donors (Lipinski definition) is 1. The summed E-state index contributed by atoms with van der Waals surface area (Å²) < 4.78 is 0. The second-order valence-corrected chi connectivity index (χ2v) is 4.21. The molecule has 0 radical (unpaired) electrons. The van der Waals surface area contributed by atoms with Crippen LogP contribution in [0.2, 0.25) is 0 Å². The molecule has 0 saturated heterocycles. The van der Waals surface area contributed by atoms with Gasteiger partial charge < -0.3 is 4.98 Å². The van der Waals surface area contributed by atoms with Crippen LogP contribution in [0.4, 0.5) is 0 Å². The third kappa shape index (κ3) is 1.44. The Hall–Kier alpha value is -1.64. The Morgan fingerprint density at radius 3 is 2.93 bits per heavy atom. The molecule has 3 rings (SSSR count). The average molecular weight is 200 g/mol. The summed E-state index contributed by atoms with van der Waals surface area (Å²) in [5.41, 5.74) is 2.79. The molecule has 76 valence electrons. The lowest BCUT2D eigenvalue weighted by Crippen LogP contribution is -2.06. The zero-order valence-electron chi connectivity index (χ0n) is 8.58. The maximum absolute atomic E-state index is 11.8. The molecule has 2 heterocycles. The number of aromatic amines is 1. The molecule has 1 aliphatic rings. The molecule has 1 fully saturated rings. The smallest absolute Gasteiger partial charge is 0.191 e. The standard InChI is InChI=1S/C12H12N2O/c1-7-2-5-9-11(15)6-10(8-3-4-8)14-12(9)13-7/h2,5-6,8H,3-4H2,1H3,(H,13,14,15). The predicted octanol–water partition coefficient (Wildman–Crippen LogP) is 2.11. The van der Waals surface area contributed by atoms with Gasteiger partial charge in [0.1, 0.15) is 5.65 Å². The third-order valence-electron chi connectivity index (χ3n) is 2.87. The maximum atomic E-state index is 11.8. The summed E-state index contributed by atoms with van der Waals surface area (Å²) in [7, 11) is 0. The van der Waals surface area contributed by atoms with E-state index in [1.165, 1.54) is 12.8 Å². The number of pyridine rings is 2. The van der Waals surface area contributed by atoms with E-state index in [1.807, 2.05) is 19.1 Å². The second-order valence-electron chi connectivity index (χ2n) is 4.21. The fourth-order valence-corrected chi connectivity index (χ4v) is 1.86. The van der Waals surface area contributed by atoms with Gasteiger partial charge in [0.2, 0.25) is 0 Å². The zero-order chi connectivity index (χ0) is 10.4. The SMILES string of the molecule is Cc1ccc2c(=O)cc(C3CC3)[nH]c2n1. The Morgan fingerprint density at radius 2 is 2.20 bits per heavy atom. The lowest BCUT2D eigenvalue weighted by atomic mass is 10.2. The highest BCUT2D eigenvalue weighted by molar-refractivity contribution is 5.74. The van der Waals surface area contributed by atoms with Crippen LogP contribution in [-0.4, -0.2) is 9.97 Å². The highest BCUT2D eigenvalue weighted by Gasteiger charge is 2.25. The molecule has 0 spiro atoms. The zero-order valence-corrected chi connectivity index (χ0v) is 8.58. The van der Waals surface area contributed by atoms with Crippen molar-refractivity contribution in [1.29, 1.82) is 0 Å². The first-order valence-electron chi connectivity index (χ1n) is 5.24. The second kappa shape index (κ2) is 2.92. The Labute approximate surface area is 87.2 Å². The van der Waals surface area contributed by atoms with E-state index in [0.29, 0.717) is 11.3 Å². The third-order valence-corrected chi connectivity index (χ3v) is 2.87. The fraction of sp³-hybridized carbons (Fsp3) is 0.333. The first kappa shape index (κ1) is 8.65. The highest BCUT2D eigenvalue weighted by Crippen LogP contribution is 2.38. The molecular weight excluding hydrogens is 188 g/mol. The molecule has 0 atom stereocenters. The summed E-state index contributed by atoms with van der Waals surface area (Å²) in [6.07, 6.45) is 2.38. The van der Waals surface area contributed by atoms with Crippen molar-refractivity contribution in [3.63, 3.8) is 0 Å². The Balaban J connectivity index is 2.32. The summed E-state index contributed by atoms with van der Waals surface area (Å²) >= 11 is 0. The van der Waals surface area contributed by atoms with E-state index < -0.39 is 0 Å². The Morgan fingerprint density at radius 1 is 1.40 bits per heavy atom. The molecule has 15 heavy (non-hydrogen) atoms. The largest absolute Gasteiger partial charge is 0.343 e. The van der Waals surface area contributed by atoms with Crippen LogP contribution in [0.3, 0.4) is 0 Å². The van der Waals surface area contributed by atoms with Crippen LogP contribution < -0.4 is 5.43 Å². The number of fused-ring (bicyclic) bond motifs is 1. The van der Waals surface area contributed by atoms with Crippen LogP contribution in [0.15, 0.2) is 23.0 Å². The molecule has 1 aliphatic carbocycles. The van der Waals surface area contributed by atoms with Crippen LogP contribution in [0.5, 0.6) is 0 Å². The molecule has 3 heteroatoms. The van der Waals surface area contributed by atoms with Gasteiger partial charge in [0.15, 0.2) is 5.43 Å². The minimum absolute atomic E-state index is 0.0816. The van der Waals surface area contributed by atoms with Crippen molar-refractivity contribution in [2.45, 2.75) is 25.7 Å². The minimum atomic E-state index is 0.0816. The van der Waals surface area contributed by atoms with Crippen LogP contribution in [0.1, 0.15) is 30.1 Å². The first-order valence-corrected chi connectivity index (χ1v) is 5.24. The van der Waals surface area contributed by atoms with Gasteiger partial charge in [-0.25, -0.2) is 4.98 Å². The summed E-state index contributed by atoms with van der Waals surface area (Å²) in [5.74, 6) is 0.560. The van der Waals surface area contributed by atoms with E-state index in [2.05, 4.69) is 9.97 Å². The van der Waals surface area contributed by atoms with Crippen molar-refractivity contribution in [3.8, 4) is 0 Å². The molecule has 2 aromatic rings.